The summed E-state index contributed by atoms with van der Waals surface area (Å²) in [7, 11) is 0. The number of nitrogen functional groups attached to an aromatic ring is 1. The molecule has 1 aromatic heterocycles. The van der Waals surface area contributed by atoms with E-state index in [1.807, 2.05) is 31.2 Å². The van der Waals surface area contributed by atoms with Gasteiger partial charge in [0.1, 0.15) is 5.82 Å². The van der Waals surface area contributed by atoms with Crippen molar-refractivity contribution in [1.29, 1.82) is 0 Å². The Balaban J connectivity index is 2.26. The summed E-state index contributed by atoms with van der Waals surface area (Å²) < 4.78 is 0. The van der Waals surface area contributed by atoms with Crippen molar-refractivity contribution in [2.75, 3.05) is 10.7 Å². The van der Waals surface area contributed by atoms with Crippen molar-refractivity contribution < 1.29 is 4.79 Å². The summed E-state index contributed by atoms with van der Waals surface area (Å²) in [6.45, 7) is 3.87. The highest BCUT2D eigenvalue weighted by Gasteiger charge is 2.10. The lowest BCUT2D eigenvalue weighted by molar-refractivity contribution is 0.102. The van der Waals surface area contributed by atoms with Crippen molar-refractivity contribution in [1.82, 2.24) is 4.98 Å². The molecule has 5 heteroatoms. The van der Waals surface area contributed by atoms with Gasteiger partial charge in [-0.2, -0.15) is 0 Å². The topological polar surface area (TPSA) is 80.0 Å². The van der Waals surface area contributed by atoms with E-state index in [1.165, 1.54) is 0 Å². The first kappa shape index (κ1) is 14.0. The number of hydrogen-bond acceptors (Lipinski definition) is 4. The maximum absolute atomic E-state index is 12.3. The zero-order valence-electron chi connectivity index (χ0n) is 11.6. The maximum atomic E-state index is 12.3. The van der Waals surface area contributed by atoms with Gasteiger partial charge < -0.3 is 10.7 Å². The third kappa shape index (κ3) is 3.13. The van der Waals surface area contributed by atoms with Gasteiger partial charge in [-0.05, 0) is 37.1 Å². The Morgan fingerprint density at radius 3 is 2.75 bits per heavy atom. The standard InChI is InChI=1S/C15H18N4O/c1-3-11-6-4-5-7-13(11)18-15(20)12-8-10(2)17-14(9-12)19-16/h4-9H,3,16H2,1-2H3,(H,17,19)(H,18,20). The number of rotatable bonds is 4. The van der Waals surface area contributed by atoms with E-state index in [1.54, 1.807) is 12.1 Å². The van der Waals surface area contributed by atoms with E-state index in [2.05, 4.69) is 22.7 Å². The third-order valence-corrected chi connectivity index (χ3v) is 3.01. The Morgan fingerprint density at radius 2 is 2.05 bits per heavy atom. The monoisotopic (exact) mass is 270 g/mol. The quantitative estimate of drug-likeness (QED) is 0.589. The molecule has 0 saturated carbocycles. The largest absolute Gasteiger partial charge is 0.322 e. The van der Waals surface area contributed by atoms with Crippen molar-refractivity contribution in [3.8, 4) is 0 Å². The number of nitrogens with zero attached hydrogens (tertiary/aromatic N) is 1. The fourth-order valence-corrected chi connectivity index (χ4v) is 2.02. The summed E-state index contributed by atoms with van der Waals surface area (Å²) in [5.41, 5.74) is 5.64. The Kier molecular flexibility index (Phi) is 4.32. The highest BCUT2D eigenvalue weighted by molar-refractivity contribution is 6.05. The minimum Gasteiger partial charge on any atom is -0.322 e. The minimum atomic E-state index is -0.173. The average molecular weight is 270 g/mol. The van der Waals surface area contributed by atoms with Gasteiger partial charge in [-0.25, -0.2) is 10.8 Å². The molecule has 0 radical (unpaired) electrons. The van der Waals surface area contributed by atoms with Gasteiger partial charge >= 0.3 is 0 Å². The van der Waals surface area contributed by atoms with E-state index in [0.717, 1.165) is 23.4 Å². The Morgan fingerprint density at radius 1 is 1.30 bits per heavy atom. The molecule has 2 aromatic rings. The number of hydrazine groups is 1. The van der Waals surface area contributed by atoms with Gasteiger partial charge in [0.15, 0.2) is 0 Å². The first-order chi connectivity index (χ1) is 9.63. The van der Waals surface area contributed by atoms with Crippen molar-refractivity contribution in [2.45, 2.75) is 20.3 Å². The number of benzene rings is 1. The molecule has 0 saturated heterocycles. The summed E-state index contributed by atoms with van der Waals surface area (Å²) in [4.78, 5) is 16.5. The van der Waals surface area contributed by atoms with Gasteiger partial charge in [0.25, 0.3) is 5.91 Å². The molecule has 1 amide bonds. The summed E-state index contributed by atoms with van der Waals surface area (Å²) in [5.74, 6) is 5.64. The molecule has 0 unspecified atom stereocenters. The second kappa shape index (κ2) is 6.16. The number of carbonyl (C=O) groups excluding carboxylic acids is 1. The molecule has 0 fully saturated rings. The van der Waals surface area contributed by atoms with Crippen LogP contribution in [-0.2, 0) is 6.42 Å². The lowest BCUT2D eigenvalue weighted by Crippen LogP contribution is -2.15. The predicted octanol–water partition coefficient (Wildman–Crippen LogP) is 2.49. The highest BCUT2D eigenvalue weighted by atomic mass is 16.1. The van der Waals surface area contributed by atoms with Crippen LogP contribution in [0.3, 0.4) is 0 Å². The second-order valence-electron chi connectivity index (χ2n) is 4.49. The van der Waals surface area contributed by atoms with Crippen molar-refractivity contribution in [3.63, 3.8) is 0 Å². The summed E-state index contributed by atoms with van der Waals surface area (Å²) >= 11 is 0. The van der Waals surface area contributed by atoms with E-state index >= 15 is 0 Å². The average Bonchev–Trinajstić information content (AvgIpc) is 2.47. The van der Waals surface area contributed by atoms with Gasteiger partial charge in [-0.1, -0.05) is 25.1 Å². The van der Waals surface area contributed by atoms with Crippen LogP contribution in [0.2, 0.25) is 0 Å². The van der Waals surface area contributed by atoms with Gasteiger partial charge in [0.05, 0.1) is 0 Å². The first-order valence-electron chi connectivity index (χ1n) is 6.48. The molecule has 0 aliphatic rings. The summed E-state index contributed by atoms with van der Waals surface area (Å²) in [6.07, 6.45) is 0.863. The number of nitrogens with one attached hydrogen (secondary N) is 2. The van der Waals surface area contributed by atoms with Crippen LogP contribution in [0.4, 0.5) is 11.5 Å². The number of aryl methyl sites for hydroxylation is 2. The molecule has 0 aliphatic heterocycles. The number of amides is 1. The van der Waals surface area contributed by atoms with E-state index in [9.17, 15) is 4.79 Å². The van der Waals surface area contributed by atoms with Gasteiger partial charge in [0.2, 0.25) is 0 Å². The van der Waals surface area contributed by atoms with E-state index < -0.39 is 0 Å². The first-order valence-corrected chi connectivity index (χ1v) is 6.48. The molecule has 104 valence electrons. The van der Waals surface area contributed by atoms with Crippen LogP contribution in [0.1, 0.15) is 28.5 Å². The smallest absolute Gasteiger partial charge is 0.255 e. The van der Waals surface area contributed by atoms with Crippen LogP contribution in [0, 0.1) is 6.92 Å². The van der Waals surface area contributed by atoms with Crippen LogP contribution >= 0.6 is 0 Å². The Labute approximate surface area is 118 Å². The summed E-state index contributed by atoms with van der Waals surface area (Å²) in [5, 5.41) is 2.92. The van der Waals surface area contributed by atoms with Gasteiger partial charge in [-0.3, -0.25) is 4.79 Å². The van der Waals surface area contributed by atoms with E-state index in [0.29, 0.717) is 11.4 Å². The number of para-hydroxylation sites is 1. The predicted molar refractivity (Wildman–Crippen MR) is 80.6 cm³/mol. The summed E-state index contributed by atoms with van der Waals surface area (Å²) in [6, 6.07) is 11.1. The second-order valence-corrected chi connectivity index (χ2v) is 4.49. The molecular weight excluding hydrogens is 252 g/mol. The minimum absolute atomic E-state index is 0.173. The fraction of sp³-hybridized carbons (Fsp3) is 0.200. The molecule has 0 atom stereocenters. The SMILES string of the molecule is CCc1ccccc1NC(=O)c1cc(C)nc(NN)c1. The molecule has 1 aromatic carbocycles. The van der Waals surface area contributed by atoms with Crippen LogP contribution in [-0.4, -0.2) is 10.9 Å². The van der Waals surface area contributed by atoms with E-state index in [-0.39, 0.29) is 5.91 Å². The van der Waals surface area contributed by atoms with Crippen LogP contribution < -0.4 is 16.6 Å². The zero-order chi connectivity index (χ0) is 14.5. The molecule has 0 aliphatic carbocycles. The van der Waals surface area contributed by atoms with Crippen LogP contribution in [0.15, 0.2) is 36.4 Å². The fourth-order valence-electron chi connectivity index (χ4n) is 2.02. The number of aromatic nitrogens is 1. The van der Waals surface area contributed by atoms with Gasteiger partial charge in [0, 0.05) is 16.9 Å². The van der Waals surface area contributed by atoms with Crippen molar-refractivity contribution >= 4 is 17.4 Å². The maximum Gasteiger partial charge on any atom is 0.255 e. The highest BCUT2D eigenvalue weighted by Crippen LogP contribution is 2.17. The van der Waals surface area contributed by atoms with Crippen LogP contribution in [0.25, 0.3) is 0 Å². The molecule has 1 heterocycles. The van der Waals surface area contributed by atoms with Crippen LogP contribution in [0.5, 0.6) is 0 Å². The Hall–Kier alpha value is -2.40. The number of pyridine rings is 1. The molecule has 20 heavy (non-hydrogen) atoms. The van der Waals surface area contributed by atoms with E-state index in [4.69, 9.17) is 5.84 Å². The van der Waals surface area contributed by atoms with Gasteiger partial charge in [-0.15, -0.1) is 0 Å². The number of anilines is 2. The molecular formula is C15H18N4O. The number of carbonyl (C=O) groups is 1. The molecule has 0 spiro atoms. The number of nitrogens with two attached hydrogens (primary N) is 1. The normalized spacial score (nSPS) is 10.2. The molecule has 5 nitrogen and oxygen atoms in total. The Bertz CT molecular complexity index is 625. The zero-order valence-corrected chi connectivity index (χ0v) is 11.6. The van der Waals surface area contributed by atoms with Crippen molar-refractivity contribution in [2.24, 2.45) is 5.84 Å². The molecule has 4 N–H and O–H groups in total. The lowest BCUT2D eigenvalue weighted by Gasteiger charge is -2.10. The third-order valence-electron chi connectivity index (χ3n) is 3.01. The number of hydrogen-bond donors (Lipinski definition) is 3. The lowest BCUT2D eigenvalue weighted by atomic mass is 10.1. The molecule has 2 rings (SSSR count). The van der Waals surface area contributed by atoms with Crippen molar-refractivity contribution in [3.05, 3.63) is 53.2 Å². The molecule has 0 bridgehead atoms.